The van der Waals surface area contributed by atoms with E-state index in [1.807, 2.05) is 0 Å². The number of hydrogen-bond acceptors (Lipinski definition) is 4. The third-order valence-electron chi connectivity index (χ3n) is 3.83. The van der Waals surface area contributed by atoms with E-state index in [2.05, 4.69) is 10.2 Å². The van der Waals surface area contributed by atoms with Gasteiger partial charge in [0.1, 0.15) is 0 Å². The van der Waals surface area contributed by atoms with Crippen LogP contribution in [0, 0.1) is 19.3 Å². The summed E-state index contributed by atoms with van der Waals surface area (Å²) < 4.78 is 0. The van der Waals surface area contributed by atoms with Crippen molar-refractivity contribution in [2.45, 2.75) is 33.6 Å². The summed E-state index contributed by atoms with van der Waals surface area (Å²) in [5.41, 5.74) is 0.893. The van der Waals surface area contributed by atoms with Crippen LogP contribution in [0.15, 0.2) is 6.07 Å². The maximum atomic E-state index is 12.5. The van der Waals surface area contributed by atoms with Crippen LogP contribution in [0.4, 0.5) is 0 Å². The van der Waals surface area contributed by atoms with Gasteiger partial charge < -0.3 is 10.0 Å². The Labute approximate surface area is 117 Å². The van der Waals surface area contributed by atoms with Gasteiger partial charge in [0.25, 0.3) is 5.91 Å². The quantitative estimate of drug-likeness (QED) is 0.884. The van der Waals surface area contributed by atoms with Crippen LogP contribution < -0.4 is 0 Å². The smallest absolute Gasteiger partial charge is 0.311 e. The number of hydrogen-bond donors (Lipinski definition) is 1. The molecule has 0 bridgehead atoms. The number of rotatable bonds is 2. The summed E-state index contributed by atoms with van der Waals surface area (Å²) in [5, 5.41) is 17.2. The number of carboxylic acids is 1. The minimum Gasteiger partial charge on any atom is -0.481 e. The van der Waals surface area contributed by atoms with Crippen LogP contribution >= 0.6 is 0 Å². The molecule has 1 saturated heterocycles. The molecule has 0 saturated carbocycles. The minimum absolute atomic E-state index is 0.160. The van der Waals surface area contributed by atoms with Crippen molar-refractivity contribution in [1.29, 1.82) is 0 Å². The van der Waals surface area contributed by atoms with Gasteiger partial charge in [-0.05, 0) is 39.7 Å². The van der Waals surface area contributed by atoms with Crippen molar-refractivity contribution in [3.63, 3.8) is 0 Å². The largest absolute Gasteiger partial charge is 0.481 e. The predicted molar refractivity (Wildman–Crippen MR) is 72.4 cm³/mol. The summed E-state index contributed by atoms with van der Waals surface area (Å²) in [7, 11) is 0. The Hall–Kier alpha value is -1.98. The monoisotopic (exact) mass is 277 g/mol. The molecule has 0 aliphatic carbocycles. The number of amides is 1. The maximum Gasteiger partial charge on any atom is 0.311 e. The Morgan fingerprint density at radius 2 is 2.05 bits per heavy atom. The summed E-state index contributed by atoms with van der Waals surface area (Å²) in [6.07, 6.45) is 1.30. The van der Waals surface area contributed by atoms with Crippen molar-refractivity contribution in [2.75, 3.05) is 13.1 Å². The number of nitrogens with zero attached hydrogens (tertiary/aromatic N) is 3. The van der Waals surface area contributed by atoms with Gasteiger partial charge >= 0.3 is 5.97 Å². The SMILES string of the molecule is Cc1cc(C(=O)N2CCCC(C)(C(=O)O)C2)c(C)nn1. The van der Waals surface area contributed by atoms with Crippen LogP contribution in [0.2, 0.25) is 0 Å². The molecule has 0 radical (unpaired) electrons. The zero-order valence-corrected chi connectivity index (χ0v) is 12.0. The van der Waals surface area contributed by atoms with E-state index in [0.717, 1.165) is 0 Å². The Morgan fingerprint density at radius 3 is 2.70 bits per heavy atom. The zero-order valence-electron chi connectivity index (χ0n) is 12.0. The van der Waals surface area contributed by atoms with Crippen LogP contribution in [0.3, 0.4) is 0 Å². The standard InChI is InChI=1S/C14H19N3O3/c1-9-7-11(10(2)16-15-9)12(18)17-6-4-5-14(3,8-17)13(19)20/h7H,4-6,8H2,1-3H3,(H,19,20). The number of carboxylic acid groups (broad SMARTS) is 1. The van der Waals surface area contributed by atoms with Crippen LogP contribution in [-0.2, 0) is 4.79 Å². The molecule has 1 atom stereocenters. The first-order chi connectivity index (χ1) is 9.33. The first-order valence-electron chi connectivity index (χ1n) is 6.67. The van der Waals surface area contributed by atoms with Gasteiger partial charge in [0, 0.05) is 13.1 Å². The fourth-order valence-electron chi connectivity index (χ4n) is 2.52. The Morgan fingerprint density at radius 1 is 1.35 bits per heavy atom. The van der Waals surface area contributed by atoms with Gasteiger partial charge in [0.2, 0.25) is 0 Å². The van der Waals surface area contributed by atoms with Crippen molar-refractivity contribution in [2.24, 2.45) is 5.41 Å². The van der Waals surface area contributed by atoms with Gasteiger partial charge in [-0.15, -0.1) is 0 Å². The molecule has 108 valence electrons. The summed E-state index contributed by atoms with van der Waals surface area (Å²) in [6.45, 7) is 6.03. The highest BCUT2D eigenvalue weighted by Gasteiger charge is 2.39. The molecule has 1 aliphatic heterocycles. The van der Waals surface area contributed by atoms with Gasteiger partial charge in [-0.25, -0.2) is 0 Å². The van der Waals surface area contributed by atoms with Crippen molar-refractivity contribution in [1.82, 2.24) is 15.1 Å². The molecule has 2 heterocycles. The molecule has 20 heavy (non-hydrogen) atoms. The van der Waals surface area contributed by atoms with Gasteiger partial charge in [-0.1, -0.05) is 0 Å². The molecule has 0 aromatic carbocycles. The Kier molecular flexibility index (Phi) is 3.74. The van der Waals surface area contributed by atoms with Crippen molar-refractivity contribution < 1.29 is 14.7 Å². The maximum absolute atomic E-state index is 12.5. The van der Waals surface area contributed by atoms with E-state index in [1.54, 1.807) is 31.7 Å². The number of carbonyl (C=O) groups excluding carboxylic acids is 1. The van der Waals surface area contributed by atoms with E-state index in [1.165, 1.54) is 0 Å². The van der Waals surface area contributed by atoms with Crippen LogP contribution in [0.25, 0.3) is 0 Å². The fraction of sp³-hybridized carbons (Fsp3) is 0.571. The third-order valence-corrected chi connectivity index (χ3v) is 3.83. The number of aliphatic carboxylic acids is 1. The highest BCUT2D eigenvalue weighted by atomic mass is 16.4. The molecule has 1 amide bonds. The van der Waals surface area contributed by atoms with E-state index in [-0.39, 0.29) is 12.5 Å². The molecular weight excluding hydrogens is 258 g/mol. The van der Waals surface area contributed by atoms with E-state index in [0.29, 0.717) is 36.3 Å². The van der Waals surface area contributed by atoms with E-state index < -0.39 is 11.4 Å². The molecular formula is C14H19N3O3. The van der Waals surface area contributed by atoms with Gasteiger partial charge in [-0.2, -0.15) is 10.2 Å². The molecule has 1 fully saturated rings. The molecule has 1 unspecified atom stereocenters. The summed E-state index contributed by atoms with van der Waals surface area (Å²) in [4.78, 5) is 25.5. The van der Waals surface area contributed by atoms with Gasteiger partial charge in [0.15, 0.2) is 0 Å². The lowest BCUT2D eigenvalue weighted by molar-refractivity contribution is -0.150. The number of likely N-dealkylation sites (tertiary alicyclic amines) is 1. The molecule has 1 aromatic rings. The second-order valence-corrected chi connectivity index (χ2v) is 5.68. The van der Waals surface area contributed by atoms with Crippen LogP contribution in [0.5, 0.6) is 0 Å². The first kappa shape index (κ1) is 14.4. The van der Waals surface area contributed by atoms with Gasteiger partial charge in [0.05, 0.1) is 22.4 Å². The predicted octanol–water partition coefficient (Wildman–Crippen LogP) is 1.42. The highest BCUT2D eigenvalue weighted by Crippen LogP contribution is 2.30. The number of piperidine rings is 1. The average molecular weight is 277 g/mol. The highest BCUT2D eigenvalue weighted by molar-refractivity contribution is 5.95. The van der Waals surface area contributed by atoms with Crippen molar-refractivity contribution >= 4 is 11.9 Å². The zero-order chi connectivity index (χ0) is 14.9. The number of aromatic nitrogens is 2. The summed E-state index contributed by atoms with van der Waals surface area (Å²) in [5.74, 6) is -1.01. The fourth-order valence-corrected chi connectivity index (χ4v) is 2.52. The lowest BCUT2D eigenvalue weighted by Gasteiger charge is -2.37. The van der Waals surface area contributed by atoms with Crippen molar-refractivity contribution in [3.8, 4) is 0 Å². The molecule has 1 aliphatic rings. The molecule has 1 aromatic heterocycles. The summed E-state index contributed by atoms with van der Waals surface area (Å²) >= 11 is 0. The normalized spacial score (nSPS) is 22.6. The number of aryl methyl sites for hydroxylation is 2. The third kappa shape index (κ3) is 2.64. The topological polar surface area (TPSA) is 83.4 Å². The average Bonchev–Trinajstić information content (AvgIpc) is 2.40. The van der Waals surface area contributed by atoms with Crippen LogP contribution in [0.1, 0.15) is 41.5 Å². The van der Waals surface area contributed by atoms with Crippen molar-refractivity contribution in [3.05, 3.63) is 23.0 Å². The van der Waals surface area contributed by atoms with E-state index >= 15 is 0 Å². The molecule has 1 N–H and O–H groups in total. The minimum atomic E-state index is -0.864. The lowest BCUT2D eigenvalue weighted by Crippen LogP contribution is -2.48. The molecule has 0 spiro atoms. The van der Waals surface area contributed by atoms with Gasteiger partial charge in [-0.3, -0.25) is 9.59 Å². The van der Waals surface area contributed by atoms with E-state index in [4.69, 9.17) is 0 Å². The first-order valence-corrected chi connectivity index (χ1v) is 6.67. The molecule has 6 heteroatoms. The number of carbonyl (C=O) groups is 2. The molecule has 6 nitrogen and oxygen atoms in total. The second kappa shape index (κ2) is 5.19. The van der Waals surface area contributed by atoms with Crippen LogP contribution in [-0.4, -0.2) is 45.2 Å². The Bertz CT molecular complexity index is 559. The second-order valence-electron chi connectivity index (χ2n) is 5.68. The van der Waals surface area contributed by atoms with E-state index in [9.17, 15) is 14.7 Å². The summed E-state index contributed by atoms with van der Waals surface area (Å²) in [6, 6.07) is 1.71. The lowest BCUT2D eigenvalue weighted by atomic mass is 9.82. The molecule has 2 rings (SSSR count). The Balaban J connectivity index is 2.25.